The number of H-pyrrole nitrogens is 1. The molecule has 0 bridgehead atoms. The molecule has 104 valence electrons. The minimum Gasteiger partial charge on any atom is -0.389 e. The van der Waals surface area contributed by atoms with Crippen molar-refractivity contribution in [1.82, 2.24) is 19.6 Å². The number of aromatic nitrogens is 4. The van der Waals surface area contributed by atoms with E-state index in [9.17, 15) is 9.90 Å². The lowest BCUT2D eigenvalue weighted by atomic mass is 10.3. The Morgan fingerprint density at radius 1 is 1.63 bits per heavy atom. The minimum atomic E-state index is -0.602. The number of aryl methyl sites for hydroxylation is 1. The summed E-state index contributed by atoms with van der Waals surface area (Å²) in [6, 6.07) is 1.68. The predicted octanol–water partition coefficient (Wildman–Crippen LogP) is -0.830. The second-order valence-electron chi connectivity index (χ2n) is 4.37. The molecule has 0 spiro atoms. The highest BCUT2D eigenvalue weighted by atomic mass is 16.5. The molecule has 2 heterocycles. The van der Waals surface area contributed by atoms with E-state index < -0.39 is 6.10 Å². The number of hydrogen-bond acceptors (Lipinski definition) is 6. The molecule has 1 unspecified atom stereocenters. The largest absolute Gasteiger partial charge is 0.389 e. The molecule has 0 aromatic carbocycles. The molecule has 2 N–H and O–H groups in total. The molecule has 0 aliphatic rings. The average molecular weight is 267 g/mol. The first-order valence-electron chi connectivity index (χ1n) is 5.86. The Balaban J connectivity index is 2.27. The molecular formula is C11H17N5O3. The summed E-state index contributed by atoms with van der Waals surface area (Å²) in [6.07, 6.45) is -0.602. The number of ether oxygens (including phenoxy) is 1. The van der Waals surface area contributed by atoms with Gasteiger partial charge in [0.05, 0.1) is 12.7 Å². The van der Waals surface area contributed by atoms with Crippen LogP contribution in [0.5, 0.6) is 0 Å². The summed E-state index contributed by atoms with van der Waals surface area (Å²) in [5.41, 5.74) is 0.189. The molecule has 0 radical (unpaired) electrons. The molecule has 0 saturated heterocycles. The van der Waals surface area contributed by atoms with Gasteiger partial charge in [0.1, 0.15) is 11.6 Å². The van der Waals surface area contributed by atoms with Crippen LogP contribution in [0.2, 0.25) is 0 Å². The fourth-order valence-electron chi connectivity index (χ4n) is 1.93. The van der Waals surface area contributed by atoms with E-state index in [1.807, 2.05) is 7.05 Å². The number of anilines is 1. The van der Waals surface area contributed by atoms with Gasteiger partial charge in [-0.3, -0.25) is 0 Å². The zero-order valence-electron chi connectivity index (χ0n) is 11.1. The fraction of sp³-hybridized carbons (Fsp3) is 0.545. The van der Waals surface area contributed by atoms with E-state index in [0.717, 1.165) is 0 Å². The molecule has 0 aliphatic carbocycles. The lowest BCUT2D eigenvalue weighted by molar-refractivity contribution is 0.0694. The first-order chi connectivity index (χ1) is 9.02. The number of nitrogens with zero attached hydrogens (tertiary/aromatic N) is 4. The Hall–Kier alpha value is -1.93. The number of aliphatic hydroxyl groups is 1. The third-order valence-electron chi connectivity index (χ3n) is 2.79. The summed E-state index contributed by atoms with van der Waals surface area (Å²) in [5, 5.41) is 16.0. The fourth-order valence-corrected chi connectivity index (χ4v) is 1.93. The van der Waals surface area contributed by atoms with E-state index in [1.165, 1.54) is 11.5 Å². The van der Waals surface area contributed by atoms with Gasteiger partial charge < -0.3 is 14.7 Å². The van der Waals surface area contributed by atoms with Gasteiger partial charge in [0, 0.05) is 26.8 Å². The normalized spacial score (nSPS) is 12.8. The summed E-state index contributed by atoms with van der Waals surface area (Å²) >= 11 is 0. The maximum absolute atomic E-state index is 11.5. The monoisotopic (exact) mass is 267 g/mol. The predicted molar refractivity (Wildman–Crippen MR) is 69.5 cm³/mol. The van der Waals surface area contributed by atoms with Gasteiger partial charge in [0.2, 0.25) is 0 Å². The van der Waals surface area contributed by atoms with Crippen molar-refractivity contribution in [1.29, 1.82) is 0 Å². The van der Waals surface area contributed by atoms with Crippen LogP contribution in [0.4, 0.5) is 5.82 Å². The molecule has 2 aromatic heterocycles. The maximum atomic E-state index is 11.5. The van der Waals surface area contributed by atoms with Crippen LogP contribution in [0.15, 0.2) is 10.9 Å². The highest BCUT2D eigenvalue weighted by molar-refractivity contribution is 5.51. The van der Waals surface area contributed by atoms with Crippen molar-refractivity contribution < 1.29 is 9.84 Å². The summed E-state index contributed by atoms with van der Waals surface area (Å²) in [5.74, 6) is 1.18. The third-order valence-corrected chi connectivity index (χ3v) is 2.79. The van der Waals surface area contributed by atoms with E-state index in [0.29, 0.717) is 23.8 Å². The van der Waals surface area contributed by atoms with E-state index in [2.05, 4.69) is 15.2 Å². The lowest BCUT2D eigenvalue weighted by Crippen LogP contribution is -2.32. The first kappa shape index (κ1) is 13.5. The van der Waals surface area contributed by atoms with Crippen LogP contribution < -0.4 is 10.6 Å². The highest BCUT2D eigenvalue weighted by Gasteiger charge is 2.13. The summed E-state index contributed by atoms with van der Waals surface area (Å²) in [6.45, 7) is 2.37. The van der Waals surface area contributed by atoms with Crippen LogP contribution in [-0.4, -0.2) is 58.1 Å². The van der Waals surface area contributed by atoms with Crippen molar-refractivity contribution in [2.45, 2.75) is 13.0 Å². The van der Waals surface area contributed by atoms with Crippen molar-refractivity contribution in [2.75, 3.05) is 32.2 Å². The van der Waals surface area contributed by atoms with E-state index in [-0.39, 0.29) is 12.3 Å². The number of rotatable bonds is 5. The molecule has 0 saturated carbocycles. The molecular weight excluding hydrogens is 250 g/mol. The molecule has 19 heavy (non-hydrogen) atoms. The quantitative estimate of drug-likeness (QED) is 0.734. The van der Waals surface area contributed by atoms with Gasteiger partial charge in [-0.1, -0.05) is 0 Å². The molecule has 2 rings (SSSR count). The number of methoxy groups -OCH3 is 1. The lowest BCUT2D eigenvalue weighted by Gasteiger charge is -2.21. The minimum absolute atomic E-state index is 0.257. The van der Waals surface area contributed by atoms with Crippen LogP contribution in [0.1, 0.15) is 5.82 Å². The van der Waals surface area contributed by atoms with Crippen LogP contribution in [0, 0.1) is 6.92 Å². The second kappa shape index (κ2) is 5.37. The van der Waals surface area contributed by atoms with E-state index in [1.54, 1.807) is 17.9 Å². The topological polar surface area (TPSA) is 95.8 Å². The highest BCUT2D eigenvalue weighted by Crippen LogP contribution is 2.12. The smallest absolute Gasteiger partial charge is 0.349 e. The molecule has 0 amide bonds. The second-order valence-corrected chi connectivity index (χ2v) is 4.37. The van der Waals surface area contributed by atoms with E-state index >= 15 is 0 Å². The Labute approximate surface area is 109 Å². The Kier molecular flexibility index (Phi) is 3.82. The summed E-state index contributed by atoms with van der Waals surface area (Å²) in [4.78, 5) is 17.6. The van der Waals surface area contributed by atoms with Crippen molar-refractivity contribution in [3.05, 3.63) is 22.4 Å². The molecule has 8 nitrogen and oxygen atoms in total. The molecule has 8 heteroatoms. The number of aliphatic hydroxyl groups excluding tert-OH is 1. The summed E-state index contributed by atoms with van der Waals surface area (Å²) in [7, 11) is 3.34. The van der Waals surface area contributed by atoms with Gasteiger partial charge >= 0.3 is 5.69 Å². The number of nitrogens with one attached hydrogen (secondary N) is 1. The van der Waals surface area contributed by atoms with Crippen LogP contribution in [-0.2, 0) is 4.74 Å². The zero-order chi connectivity index (χ0) is 14.0. The Morgan fingerprint density at radius 3 is 3.05 bits per heavy atom. The average Bonchev–Trinajstić information content (AvgIpc) is 2.71. The molecule has 0 aliphatic heterocycles. The summed E-state index contributed by atoms with van der Waals surface area (Å²) < 4.78 is 6.27. The Bertz CT molecular complexity index is 620. The van der Waals surface area contributed by atoms with E-state index in [4.69, 9.17) is 4.74 Å². The van der Waals surface area contributed by atoms with Crippen molar-refractivity contribution >= 4 is 11.5 Å². The Morgan fingerprint density at radius 2 is 2.37 bits per heavy atom. The van der Waals surface area contributed by atoms with Crippen molar-refractivity contribution in [3.8, 4) is 0 Å². The zero-order valence-corrected chi connectivity index (χ0v) is 11.1. The number of aromatic amines is 1. The number of likely N-dealkylation sites (N-methyl/N-ethyl adjacent to an activating group) is 1. The van der Waals surface area contributed by atoms with Crippen LogP contribution in [0.3, 0.4) is 0 Å². The van der Waals surface area contributed by atoms with Gasteiger partial charge in [-0.25, -0.2) is 19.3 Å². The van der Waals surface area contributed by atoms with Gasteiger partial charge in [0.25, 0.3) is 0 Å². The van der Waals surface area contributed by atoms with Crippen LogP contribution >= 0.6 is 0 Å². The third kappa shape index (κ3) is 2.74. The molecule has 1 atom stereocenters. The molecule has 2 aromatic rings. The van der Waals surface area contributed by atoms with Gasteiger partial charge in [-0.2, -0.15) is 5.10 Å². The van der Waals surface area contributed by atoms with Gasteiger partial charge in [-0.15, -0.1) is 0 Å². The van der Waals surface area contributed by atoms with Gasteiger partial charge in [0.15, 0.2) is 5.65 Å². The SMILES string of the molecule is COCC(O)CN(C)c1cc2n[nH]c(=O)n2c(C)n1. The first-order valence-corrected chi connectivity index (χ1v) is 5.86. The maximum Gasteiger partial charge on any atom is 0.349 e. The van der Waals surface area contributed by atoms with Crippen molar-refractivity contribution in [3.63, 3.8) is 0 Å². The van der Waals surface area contributed by atoms with Crippen LogP contribution in [0.25, 0.3) is 5.65 Å². The van der Waals surface area contributed by atoms with Crippen molar-refractivity contribution in [2.24, 2.45) is 0 Å². The molecule has 0 fully saturated rings. The van der Waals surface area contributed by atoms with Gasteiger partial charge in [-0.05, 0) is 6.92 Å². The standard InChI is InChI=1S/C11H17N5O3/c1-7-12-9(15(2)5-8(17)6-19-3)4-10-13-14-11(18)16(7)10/h4,8,17H,5-6H2,1-3H3,(H,14,18). The number of fused-ring (bicyclic) bond motifs is 1. The number of hydrogen-bond donors (Lipinski definition) is 2.